The van der Waals surface area contributed by atoms with Gasteiger partial charge in [0.05, 0.1) is 5.56 Å². The molecule has 0 amide bonds. The van der Waals surface area contributed by atoms with E-state index in [1.54, 1.807) is 24.3 Å². The Hall–Kier alpha value is -2.80. The number of hydrogen-bond acceptors (Lipinski definition) is 6. The lowest BCUT2D eigenvalue weighted by atomic mass is 10.2. The van der Waals surface area contributed by atoms with E-state index < -0.39 is 0 Å². The van der Waals surface area contributed by atoms with Gasteiger partial charge in [-0.25, -0.2) is 9.38 Å². The standard InChI is InChI=1S/C15H10FN3O2S/c16-10-4-1-3-9(7-10)8-17-15-19-18-14(22-15)11-5-2-6-12(20)13(11)21/h1-8,20-21H. The Morgan fingerprint density at radius 2 is 1.91 bits per heavy atom. The summed E-state index contributed by atoms with van der Waals surface area (Å²) in [6.07, 6.45) is 1.48. The van der Waals surface area contributed by atoms with E-state index in [2.05, 4.69) is 15.2 Å². The number of benzene rings is 2. The number of phenolic OH excluding ortho intramolecular Hbond substituents is 2. The average Bonchev–Trinajstić information content (AvgIpc) is 2.97. The van der Waals surface area contributed by atoms with Crippen LogP contribution in [0.4, 0.5) is 9.52 Å². The molecule has 0 saturated carbocycles. The van der Waals surface area contributed by atoms with Gasteiger partial charge in [0.25, 0.3) is 0 Å². The molecule has 2 N–H and O–H groups in total. The summed E-state index contributed by atoms with van der Waals surface area (Å²) in [7, 11) is 0. The third-order valence-corrected chi connectivity index (χ3v) is 3.70. The predicted octanol–water partition coefficient (Wildman–Crippen LogP) is 3.51. The number of aliphatic imine (C=N–C) groups is 1. The van der Waals surface area contributed by atoms with Crippen molar-refractivity contribution in [2.45, 2.75) is 0 Å². The van der Waals surface area contributed by atoms with Gasteiger partial charge < -0.3 is 10.2 Å². The first-order valence-electron chi connectivity index (χ1n) is 6.28. The number of aromatic hydroxyl groups is 2. The minimum Gasteiger partial charge on any atom is -0.504 e. The van der Waals surface area contributed by atoms with Crippen LogP contribution in [0, 0.1) is 5.82 Å². The number of aromatic nitrogens is 2. The maximum absolute atomic E-state index is 13.1. The molecular weight excluding hydrogens is 305 g/mol. The molecule has 0 atom stereocenters. The van der Waals surface area contributed by atoms with E-state index in [1.807, 2.05) is 0 Å². The zero-order valence-corrected chi connectivity index (χ0v) is 12.0. The summed E-state index contributed by atoms with van der Waals surface area (Å²) in [5.74, 6) is -0.816. The molecule has 0 saturated heterocycles. The van der Waals surface area contributed by atoms with Gasteiger partial charge >= 0.3 is 0 Å². The van der Waals surface area contributed by atoms with Crippen LogP contribution >= 0.6 is 11.3 Å². The number of hydrogen-bond donors (Lipinski definition) is 2. The molecule has 110 valence electrons. The Morgan fingerprint density at radius 3 is 2.73 bits per heavy atom. The SMILES string of the molecule is Oc1cccc(-c2nnc(N=Cc3cccc(F)c3)s2)c1O. The van der Waals surface area contributed by atoms with Crippen LogP contribution in [0.3, 0.4) is 0 Å². The molecule has 3 aromatic rings. The third-order valence-electron chi connectivity index (χ3n) is 2.83. The minimum absolute atomic E-state index is 0.225. The van der Waals surface area contributed by atoms with Gasteiger partial charge in [-0.3, -0.25) is 0 Å². The lowest BCUT2D eigenvalue weighted by molar-refractivity contribution is 0.405. The van der Waals surface area contributed by atoms with Crippen LogP contribution < -0.4 is 0 Å². The van der Waals surface area contributed by atoms with Gasteiger partial charge in [0, 0.05) is 6.21 Å². The van der Waals surface area contributed by atoms with Gasteiger partial charge in [-0.05, 0) is 29.8 Å². The van der Waals surface area contributed by atoms with Gasteiger partial charge in [-0.1, -0.05) is 29.5 Å². The van der Waals surface area contributed by atoms with Crippen molar-refractivity contribution in [1.82, 2.24) is 10.2 Å². The van der Waals surface area contributed by atoms with Crippen LogP contribution in [0.2, 0.25) is 0 Å². The molecule has 0 fully saturated rings. The van der Waals surface area contributed by atoms with E-state index in [9.17, 15) is 14.6 Å². The zero-order valence-electron chi connectivity index (χ0n) is 11.1. The highest BCUT2D eigenvalue weighted by atomic mass is 32.1. The molecule has 0 aliphatic rings. The van der Waals surface area contributed by atoms with Crippen LogP contribution in [-0.2, 0) is 0 Å². The predicted molar refractivity (Wildman–Crippen MR) is 82.3 cm³/mol. The van der Waals surface area contributed by atoms with E-state index in [-0.39, 0.29) is 17.3 Å². The van der Waals surface area contributed by atoms with Crippen molar-refractivity contribution in [3.8, 4) is 22.1 Å². The first-order chi connectivity index (χ1) is 10.6. The number of halogens is 1. The number of phenols is 2. The van der Waals surface area contributed by atoms with Crippen molar-refractivity contribution >= 4 is 22.7 Å². The largest absolute Gasteiger partial charge is 0.504 e. The maximum Gasteiger partial charge on any atom is 0.231 e. The van der Waals surface area contributed by atoms with Crippen molar-refractivity contribution in [2.75, 3.05) is 0 Å². The Morgan fingerprint density at radius 1 is 1.09 bits per heavy atom. The number of para-hydroxylation sites is 1. The van der Waals surface area contributed by atoms with Gasteiger partial charge in [-0.15, -0.1) is 10.2 Å². The monoisotopic (exact) mass is 315 g/mol. The molecule has 0 aliphatic carbocycles. The summed E-state index contributed by atoms with van der Waals surface area (Å²) in [6.45, 7) is 0. The molecule has 22 heavy (non-hydrogen) atoms. The molecular formula is C15H10FN3O2S. The summed E-state index contributed by atoms with van der Waals surface area (Å²) < 4.78 is 13.1. The molecule has 1 heterocycles. The molecule has 0 unspecified atom stereocenters. The summed E-state index contributed by atoms with van der Waals surface area (Å²) >= 11 is 1.15. The Balaban J connectivity index is 1.86. The van der Waals surface area contributed by atoms with Crippen molar-refractivity contribution < 1.29 is 14.6 Å². The summed E-state index contributed by atoms with van der Waals surface area (Å²) in [6, 6.07) is 10.6. The second-order valence-corrected chi connectivity index (χ2v) is 5.33. The van der Waals surface area contributed by atoms with Crippen LogP contribution in [0.5, 0.6) is 11.5 Å². The molecule has 5 nitrogen and oxygen atoms in total. The average molecular weight is 315 g/mol. The van der Waals surface area contributed by atoms with E-state index in [0.29, 0.717) is 21.3 Å². The molecule has 7 heteroatoms. The van der Waals surface area contributed by atoms with Crippen molar-refractivity contribution in [3.63, 3.8) is 0 Å². The van der Waals surface area contributed by atoms with Crippen LogP contribution in [0.25, 0.3) is 10.6 Å². The van der Waals surface area contributed by atoms with Gasteiger partial charge in [-0.2, -0.15) is 0 Å². The maximum atomic E-state index is 13.1. The van der Waals surface area contributed by atoms with E-state index in [0.717, 1.165) is 11.3 Å². The molecule has 0 aliphatic heterocycles. The number of rotatable bonds is 3. The Kier molecular flexibility index (Phi) is 3.80. The van der Waals surface area contributed by atoms with Gasteiger partial charge in [0.15, 0.2) is 16.5 Å². The second kappa shape index (κ2) is 5.90. The fraction of sp³-hybridized carbons (Fsp3) is 0. The van der Waals surface area contributed by atoms with E-state index >= 15 is 0 Å². The minimum atomic E-state index is -0.341. The molecule has 3 rings (SSSR count). The Labute approximate surface area is 129 Å². The number of nitrogens with zero attached hydrogens (tertiary/aromatic N) is 3. The molecule has 0 radical (unpaired) electrons. The van der Waals surface area contributed by atoms with Crippen LogP contribution in [0.15, 0.2) is 47.5 Å². The lowest BCUT2D eigenvalue weighted by Gasteiger charge is -2.01. The van der Waals surface area contributed by atoms with Gasteiger partial charge in [0.1, 0.15) is 5.82 Å². The van der Waals surface area contributed by atoms with E-state index in [1.165, 1.54) is 24.4 Å². The van der Waals surface area contributed by atoms with Crippen molar-refractivity contribution in [3.05, 3.63) is 53.8 Å². The van der Waals surface area contributed by atoms with Crippen LogP contribution in [-0.4, -0.2) is 26.6 Å². The topological polar surface area (TPSA) is 78.6 Å². The first-order valence-corrected chi connectivity index (χ1v) is 7.09. The second-order valence-electron chi connectivity index (χ2n) is 4.38. The first kappa shape index (κ1) is 14.2. The van der Waals surface area contributed by atoms with Gasteiger partial charge in [0.2, 0.25) is 5.13 Å². The highest BCUT2D eigenvalue weighted by Crippen LogP contribution is 2.38. The quantitative estimate of drug-likeness (QED) is 0.572. The molecule has 1 aromatic heterocycles. The lowest BCUT2D eigenvalue weighted by Crippen LogP contribution is -1.81. The van der Waals surface area contributed by atoms with Crippen molar-refractivity contribution in [1.29, 1.82) is 0 Å². The summed E-state index contributed by atoms with van der Waals surface area (Å²) in [5.41, 5.74) is 0.988. The summed E-state index contributed by atoms with van der Waals surface area (Å²) in [4.78, 5) is 4.12. The summed E-state index contributed by atoms with van der Waals surface area (Å²) in [5, 5.41) is 27.9. The van der Waals surface area contributed by atoms with E-state index in [4.69, 9.17) is 0 Å². The smallest absolute Gasteiger partial charge is 0.231 e. The van der Waals surface area contributed by atoms with Crippen LogP contribution in [0.1, 0.15) is 5.56 Å². The fourth-order valence-electron chi connectivity index (χ4n) is 1.80. The van der Waals surface area contributed by atoms with Crippen molar-refractivity contribution in [2.24, 2.45) is 4.99 Å². The molecule has 2 aromatic carbocycles. The molecule has 0 bridgehead atoms. The third kappa shape index (κ3) is 2.94. The highest BCUT2D eigenvalue weighted by molar-refractivity contribution is 7.18. The fourth-order valence-corrected chi connectivity index (χ4v) is 2.51. The zero-order chi connectivity index (χ0) is 15.5. The Bertz CT molecular complexity index is 848. The highest BCUT2D eigenvalue weighted by Gasteiger charge is 2.12. The normalized spacial score (nSPS) is 11.1. The molecule has 0 spiro atoms.